The third-order valence-corrected chi connectivity index (χ3v) is 3.24. The van der Waals surface area contributed by atoms with E-state index in [2.05, 4.69) is 15.5 Å². The average Bonchev–Trinajstić information content (AvgIpc) is 2.91. The number of aromatic nitrogens is 4. The standard InChI is InChI=1S/C14H19N5O2/c1-2-18(9-8-14(20)21)11-13-15-16-17-19(13)10-12-6-4-3-5-7-12/h3-7H,2,8-11H2,1H3,(H,20,21). The van der Waals surface area contributed by atoms with Crippen LogP contribution in [-0.2, 0) is 17.9 Å². The van der Waals surface area contributed by atoms with Crippen molar-refractivity contribution in [1.82, 2.24) is 25.1 Å². The van der Waals surface area contributed by atoms with Gasteiger partial charge < -0.3 is 5.11 Å². The summed E-state index contributed by atoms with van der Waals surface area (Å²) in [5.41, 5.74) is 1.12. The summed E-state index contributed by atoms with van der Waals surface area (Å²) in [4.78, 5) is 12.7. The number of benzene rings is 1. The van der Waals surface area contributed by atoms with E-state index in [1.54, 1.807) is 4.68 Å². The lowest BCUT2D eigenvalue weighted by Crippen LogP contribution is -2.27. The Morgan fingerprint density at radius 2 is 2.10 bits per heavy atom. The summed E-state index contributed by atoms with van der Waals surface area (Å²) in [5, 5.41) is 20.5. The first-order valence-electron chi connectivity index (χ1n) is 6.92. The number of hydrogen-bond acceptors (Lipinski definition) is 5. The van der Waals surface area contributed by atoms with Crippen molar-refractivity contribution in [2.75, 3.05) is 13.1 Å². The van der Waals surface area contributed by atoms with E-state index in [9.17, 15) is 4.79 Å². The molecule has 1 N–H and O–H groups in total. The molecule has 0 unspecified atom stereocenters. The summed E-state index contributed by atoms with van der Waals surface area (Å²) in [5.74, 6) is -0.0524. The normalized spacial score (nSPS) is 11.0. The van der Waals surface area contributed by atoms with Crippen molar-refractivity contribution in [3.05, 3.63) is 41.7 Å². The fourth-order valence-corrected chi connectivity index (χ4v) is 2.02. The summed E-state index contributed by atoms with van der Waals surface area (Å²) < 4.78 is 1.75. The van der Waals surface area contributed by atoms with Gasteiger partial charge in [-0.2, -0.15) is 0 Å². The van der Waals surface area contributed by atoms with Gasteiger partial charge in [-0.25, -0.2) is 4.68 Å². The molecule has 0 amide bonds. The molecule has 0 fully saturated rings. The van der Waals surface area contributed by atoms with Gasteiger partial charge in [0, 0.05) is 6.54 Å². The van der Waals surface area contributed by atoms with Crippen LogP contribution >= 0.6 is 0 Å². The summed E-state index contributed by atoms with van der Waals surface area (Å²) in [6, 6.07) is 9.96. The van der Waals surface area contributed by atoms with Crippen molar-refractivity contribution in [2.24, 2.45) is 0 Å². The van der Waals surface area contributed by atoms with Gasteiger partial charge in [-0.1, -0.05) is 37.3 Å². The maximum Gasteiger partial charge on any atom is 0.304 e. The predicted molar refractivity (Wildman–Crippen MR) is 76.6 cm³/mol. The number of aliphatic carboxylic acids is 1. The highest BCUT2D eigenvalue weighted by atomic mass is 16.4. The van der Waals surface area contributed by atoms with Crippen molar-refractivity contribution in [3.63, 3.8) is 0 Å². The minimum Gasteiger partial charge on any atom is -0.481 e. The Kier molecular flexibility index (Phi) is 5.39. The van der Waals surface area contributed by atoms with E-state index in [1.165, 1.54) is 0 Å². The molecular formula is C14H19N5O2. The van der Waals surface area contributed by atoms with Gasteiger partial charge in [0.2, 0.25) is 0 Å². The molecule has 7 heteroatoms. The Balaban J connectivity index is 2.00. The first-order valence-corrected chi connectivity index (χ1v) is 6.92. The van der Waals surface area contributed by atoms with Crippen molar-refractivity contribution in [2.45, 2.75) is 26.4 Å². The van der Waals surface area contributed by atoms with Gasteiger partial charge in [-0.3, -0.25) is 9.69 Å². The predicted octanol–water partition coefficient (Wildman–Crippen LogP) is 1.02. The van der Waals surface area contributed by atoms with Gasteiger partial charge in [-0.15, -0.1) is 5.10 Å². The van der Waals surface area contributed by atoms with E-state index < -0.39 is 5.97 Å². The van der Waals surface area contributed by atoms with Gasteiger partial charge in [0.05, 0.1) is 19.5 Å². The third-order valence-electron chi connectivity index (χ3n) is 3.24. The Morgan fingerprint density at radius 1 is 1.33 bits per heavy atom. The largest absolute Gasteiger partial charge is 0.481 e. The first kappa shape index (κ1) is 15.1. The summed E-state index contributed by atoms with van der Waals surface area (Å²) in [7, 11) is 0. The van der Waals surface area contributed by atoms with E-state index in [-0.39, 0.29) is 6.42 Å². The monoisotopic (exact) mass is 289 g/mol. The molecule has 0 aliphatic heterocycles. The summed E-state index contributed by atoms with van der Waals surface area (Å²) >= 11 is 0. The van der Waals surface area contributed by atoms with Crippen LogP contribution in [0.25, 0.3) is 0 Å². The summed E-state index contributed by atoms with van der Waals surface area (Å²) in [6.07, 6.45) is 0.119. The molecule has 0 aliphatic carbocycles. The Labute approximate surface area is 123 Å². The van der Waals surface area contributed by atoms with Gasteiger partial charge in [0.1, 0.15) is 0 Å². The maximum atomic E-state index is 10.7. The van der Waals surface area contributed by atoms with Gasteiger partial charge in [-0.05, 0) is 22.5 Å². The molecule has 1 aromatic carbocycles. The van der Waals surface area contributed by atoms with Crippen LogP contribution in [0, 0.1) is 0 Å². The lowest BCUT2D eigenvalue weighted by Gasteiger charge is -2.18. The van der Waals surface area contributed by atoms with Crippen LogP contribution in [0.1, 0.15) is 24.7 Å². The third kappa shape index (κ3) is 4.64. The van der Waals surface area contributed by atoms with Gasteiger partial charge in [0.15, 0.2) is 5.82 Å². The minimum atomic E-state index is -0.794. The van der Waals surface area contributed by atoms with Crippen molar-refractivity contribution < 1.29 is 9.90 Å². The zero-order valence-electron chi connectivity index (χ0n) is 12.0. The van der Waals surface area contributed by atoms with E-state index in [0.717, 1.165) is 17.9 Å². The molecule has 2 aromatic rings. The molecule has 0 bridgehead atoms. The van der Waals surface area contributed by atoms with Crippen molar-refractivity contribution in [1.29, 1.82) is 0 Å². The molecular weight excluding hydrogens is 270 g/mol. The Bertz CT molecular complexity index is 570. The SMILES string of the molecule is CCN(CCC(=O)O)Cc1nnnn1Cc1ccccc1. The molecule has 0 saturated heterocycles. The number of rotatable bonds is 8. The first-order chi connectivity index (χ1) is 10.2. The molecule has 0 saturated carbocycles. The lowest BCUT2D eigenvalue weighted by molar-refractivity contribution is -0.137. The van der Waals surface area contributed by atoms with Gasteiger partial charge >= 0.3 is 5.97 Å². The topological polar surface area (TPSA) is 84.1 Å². The van der Waals surface area contributed by atoms with Crippen LogP contribution in [0.5, 0.6) is 0 Å². The average molecular weight is 289 g/mol. The van der Waals surface area contributed by atoms with E-state index in [4.69, 9.17) is 5.11 Å². The van der Waals surface area contributed by atoms with Crippen LogP contribution < -0.4 is 0 Å². The van der Waals surface area contributed by atoms with Crippen LogP contribution in [0.15, 0.2) is 30.3 Å². The fourth-order valence-electron chi connectivity index (χ4n) is 2.02. The lowest BCUT2D eigenvalue weighted by atomic mass is 10.2. The summed E-state index contributed by atoms with van der Waals surface area (Å²) in [6.45, 7) is 4.39. The number of tetrazole rings is 1. The molecule has 0 spiro atoms. The Hall–Kier alpha value is -2.28. The second-order valence-electron chi connectivity index (χ2n) is 4.75. The number of nitrogens with zero attached hydrogens (tertiary/aromatic N) is 5. The highest BCUT2D eigenvalue weighted by Crippen LogP contribution is 2.05. The molecule has 0 atom stereocenters. The molecule has 112 valence electrons. The smallest absolute Gasteiger partial charge is 0.304 e. The van der Waals surface area contributed by atoms with Crippen molar-refractivity contribution in [3.8, 4) is 0 Å². The van der Waals surface area contributed by atoms with Crippen LogP contribution in [-0.4, -0.2) is 49.3 Å². The van der Waals surface area contributed by atoms with Crippen LogP contribution in [0.4, 0.5) is 0 Å². The highest BCUT2D eigenvalue weighted by molar-refractivity contribution is 5.66. The molecule has 0 aliphatic rings. The second kappa shape index (κ2) is 7.49. The minimum absolute atomic E-state index is 0.119. The maximum absolute atomic E-state index is 10.7. The molecule has 0 radical (unpaired) electrons. The van der Waals surface area contributed by atoms with Crippen LogP contribution in [0.2, 0.25) is 0 Å². The Morgan fingerprint density at radius 3 is 2.76 bits per heavy atom. The number of carboxylic acid groups (broad SMARTS) is 1. The zero-order chi connectivity index (χ0) is 15.1. The molecule has 21 heavy (non-hydrogen) atoms. The van der Waals surface area contributed by atoms with E-state index in [0.29, 0.717) is 19.6 Å². The number of hydrogen-bond donors (Lipinski definition) is 1. The molecule has 7 nitrogen and oxygen atoms in total. The van der Waals surface area contributed by atoms with Crippen LogP contribution in [0.3, 0.4) is 0 Å². The zero-order valence-corrected chi connectivity index (χ0v) is 12.0. The van der Waals surface area contributed by atoms with Crippen molar-refractivity contribution >= 4 is 5.97 Å². The fraction of sp³-hybridized carbons (Fsp3) is 0.429. The quantitative estimate of drug-likeness (QED) is 0.781. The van der Waals surface area contributed by atoms with E-state index >= 15 is 0 Å². The highest BCUT2D eigenvalue weighted by Gasteiger charge is 2.12. The molecule has 1 heterocycles. The van der Waals surface area contributed by atoms with Gasteiger partial charge in [0.25, 0.3) is 0 Å². The number of carboxylic acids is 1. The second-order valence-corrected chi connectivity index (χ2v) is 4.75. The van der Waals surface area contributed by atoms with E-state index in [1.807, 2.05) is 42.2 Å². The molecule has 1 aromatic heterocycles. The molecule has 2 rings (SSSR count). The number of carbonyl (C=O) groups is 1.